The van der Waals surface area contributed by atoms with Crippen molar-refractivity contribution in [3.05, 3.63) is 11.9 Å². The van der Waals surface area contributed by atoms with Gasteiger partial charge in [0.25, 0.3) is 0 Å². The van der Waals surface area contributed by atoms with Crippen LogP contribution < -0.4 is 10.2 Å². The third-order valence-electron chi connectivity index (χ3n) is 4.16. The van der Waals surface area contributed by atoms with Crippen LogP contribution in [0.1, 0.15) is 24.5 Å². The van der Waals surface area contributed by atoms with Crippen LogP contribution in [0.25, 0.3) is 0 Å². The first-order valence-corrected chi connectivity index (χ1v) is 7.02. The first-order chi connectivity index (χ1) is 8.83. The summed E-state index contributed by atoms with van der Waals surface area (Å²) in [5.74, 6) is 1.73. The Labute approximate surface area is 109 Å². The highest BCUT2D eigenvalue weighted by molar-refractivity contribution is 5.33. The predicted molar refractivity (Wildman–Crippen MR) is 73.1 cm³/mol. The number of aromatic amines is 1. The molecule has 2 aliphatic rings. The summed E-state index contributed by atoms with van der Waals surface area (Å²) in [6.07, 6.45) is 4.55. The molecule has 0 radical (unpaired) electrons. The molecule has 3 heterocycles. The number of aromatic nitrogens is 2. The van der Waals surface area contributed by atoms with Gasteiger partial charge in [-0.25, -0.2) is 4.98 Å². The number of piperazine rings is 1. The lowest BCUT2D eigenvalue weighted by Crippen LogP contribution is -2.44. The number of imidazole rings is 1. The summed E-state index contributed by atoms with van der Waals surface area (Å²) < 4.78 is 0. The van der Waals surface area contributed by atoms with Crippen LogP contribution in [0.2, 0.25) is 0 Å². The molecule has 2 aliphatic heterocycles. The molecular weight excluding hydrogens is 226 g/mol. The van der Waals surface area contributed by atoms with E-state index in [-0.39, 0.29) is 0 Å². The van der Waals surface area contributed by atoms with Gasteiger partial charge in [-0.1, -0.05) is 0 Å². The number of likely N-dealkylation sites (tertiary alicyclic amines) is 1. The average molecular weight is 249 g/mol. The maximum absolute atomic E-state index is 4.56. The van der Waals surface area contributed by atoms with Gasteiger partial charge in [-0.2, -0.15) is 0 Å². The zero-order chi connectivity index (χ0) is 12.4. The Morgan fingerprint density at radius 2 is 1.89 bits per heavy atom. The standard InChI is InChI=1S/C13H23N5/c1-17-6-2-11(3-7-17)12-10-15-13(16-12)18-8-4-14-5-9-18/h10-11,14H,2-9H2,1H3,(H,15,16). The first kappa shape index (κ1) is 12.0. The van der Waals surface area contributed by atoms with E-state index in [1.54, 1.807) is 0 Å². The fourth-order valence-electron chi connectivity index (χ4n) is 2.89. The second kappa shape index (κ2) is 5.28. The molecular formula is C13H23N5. The smallest absolute Gasteiger partial charge is 0.203 e. The van der Waals surface area contributed by atoms with Gasteiger partial charge in [0.15, 0.2) is 0 Å². The van der Waals surface area contributed by atoms with Crippen LogP contribution in [0.15, 0.2) is 6.20 Å². The van der Waals surface area contributed by atoms with E-state index < -0.39 is 0 Å². The second-order valence-corrected chi connectivity index (χ2v) is 5.48. The van der Waals surface area contributed by atoms with Gasteiger partial charge in [0, 0.05) is 37.8 Å². The minimum atomic E-state index is 0.672. The van der Waals surface area contributed by atoms with Crippen molar-refractivity contribution in [1.29, 1.82) is 0 Å². The molecule has 5 nitrogen and oxygen atoms in total. The summed E-state index contributed by atoms with van der Waals surface area (Å²) in [6, 6.07) is 0. The minimum Gasteiger partial charge on any atom is -0.340 e. The number of piperidine rings is 1. The largest absolute Gasteiger partial charge is 0.340 e. The highest BCUT2D eigenvalue weighted by Gasteiger charge is 2.21. The Balaban J connectivity index is 1.65. The molecule has 18 heavy (non-hydrogen) atoms. The van der Waals surface area contributed by atoms with Gasteiger partial charge in [0.2, 0.25) is 5.95 Å². The summed E-state index contributed by atoms with van der Waals surface area (Å²) in [6.45, 7) is 6.63. The van der Waals surface area contributed by atoms with Crippen LogP contribution in [0, 0.1) is 0 Å². The van der Waals surface area contributed by atoms with E-state index in [1.165, 1.54) is 31.6 Å². The number of hydrogen-bond acceptors (Lipinski definition) is 4. The fraction of sp³-hybridized carbons (Fsp3) is 0.769. The monoisotopic (exact) mass is 249 g/mol. The van der Waals surface area contributed by atoms with Crippen molar-refractivity contribution in [2.75, 3.05) is 51.2 Å². The van der Waals surface area contributed by atoms with Gasteiger partial charge in [-0.3, -0.25) is 0 Å². The predicted octanol–water partition coefficient (Wildman–Crippen LogP) is 0.629. The first-order valence-electron chi connectivity index (χ1n) is 7.02. The van der Waals surface area contributed by atoms with Gasteiger partial charge in [0.05, 0.1) is 6.20 Å². The van der Waals surface area contributed by atoms with E-state index in [0.717, 1.165) is 32.1 Å². The summed E-state index contributed by atoms with van der Waals surface area (Å²) >= 11 is 0. The van der Waals surface area contributed by atoms with Gasteiger partial charge in [-0.05, 0) is 33.0 Å². The molecule has 0 atom stereocenters. The molecule has 0 aromatic carbocycles. The Hall–Kier alpha value is -1.07. The lowest BCUT2D eigenvalue weighted by molar-refractivity contribution is 0.253. The molecule has 0 bridgehead atoms. The molecule has 0 amide bonds. The second-order valence-electron chi connectivity index (χ2n) is 5.48. The third kappa shape index (κ3) is 2.52. The SMILES string of the molecule is CN1CCC(c2cnc(N3CCNCC3)[nH]2)CC1. The van der Waals surface area contributed by atoms with Gasteiger partial charge in [0.1, 0.15) is 0 Å². The zero-order valence-corrected chi connectivity index (χ0v) is 11.2. The summed E-state index contributed by atoms with van der Waals surface area (Å²) in [5.41, 5.74) is 1.33. The van der Waals surface area contributed by atoms with Crippen molar-refractivity contribution in [3.8, 4) is 0 Å². The number of anilines is 1. The van der Waals surface area contributed by atoms with E-state index in [1.807, 2.05) is 6.20 Å². The normalized spacial score (nSPS) is 23.5. The van der Waals surface area contributed by atoms with Gasteiger partial charge < -0.3 is 20.1 Å². The molecule has 0 aliphatic carbocycles. The third-order valence-corrected chi connectivity index (χ3v) is 4.16. The molecule has 2 saturated heterocycles. The molecule has 1 aromatic heterocycles. The van der Waals surface area contributed by atoms with Crippen molar-refractivity contribution in [2.24, 2.45) is 0 Å². The molecule has 0 unspecified atom stereocenters. The molecule has 100 valence electrons. The minimum absolute atomic E-state index is 0.672. The lowest BCUT2D eigenvalue weighted by atomic mass is 9.94. The van der Waals surface area contributed by atoms with Crippen molar-refractivity contribution in [3.63, 3.8) is 0 Å². The van der Waals surface area contributed by atoms with Crippen LogP contribution in [-0.4, -0.2) is 61.2 Å². The Bertz CT molecular complexity index is 374. The van der Waals surface area contributed by atoms with Crippen molar-refractivity contribution < 1.29 is 0 Å². The molecule has 0 saturated carbocycles. The number of hydrogen-bond donors (Lipinski definition) is 2. The topological polar surface area (TPSA) is 47.2 Å². The lowest BCUT2D eigenvalue weighted by Gasteiger charge is -2.29. The van der Waals surface area contributed by atoms with Gasteiger partial charge in [-0.15, -0.1) is 0 Å². The van der Waals surface area contributed by atoms with E-state index in [0.29, 0.717) is 5.92 Å². The van der Waals surface area contributed by atoms with Crippen molar-refractivity contribution >= 4 is 5.95 Å². The number of rotatable bonds is 2. The highest BCUT2D eigenvalue weighted by Crippen LogP contribution is 2.27. The number of H-pyrrole nitrogens is 1. The molecule has 5 heteroatoms. The Kier molecular flexibility index (Phi) is 3.52. The highest BCUT2D eigenvalue weighted by atomic mass is 15.3. The number of nitrogens with zero attached hydrogens (tertiary/aromatic N) is 3. The summed E-state index contributed by atoms with van der Waals surface area (Å²) in [5, 5.41) is 3.37. The molecule has 2 N–H and O–H groups in total. The molecule has 2 fully saturated rings. The van der Waals surface area contributed by atoms with Crippen LogP contribution in [0.3, 0.4) is 0 Å². The van der Waals surface area contributed by atoms with Crippen molar-refractivity contribution in [1.82, 2.24) is 20.2 Å². The van der Waals surface area contributed by atoms with Gasteiger partial charge >= 0.3 is 0 Å². The van der Waals surface area contributed by atoms with Crippen LogP contribution in [0.4, 0.5) is 5.95 Å². The van der Waals surface area contributed by atoms with E-state index in [9.17, 15) is 0 Å². The van der Waals surface area contributed by atoms with Crippen LogP contribution >= 0.6 is 0 Å². The summed E-state index contributed by atoms with van der Waals surface area (Å²) in [7, 11) is 2.20. The van der Waals surface area contributed by atoms with E-state index in [4.69, 9.17) is 0 Å². The van der Waals surface area contributed by atoms with Crippen molar-refractivity contribution in [2.45, 2.75) is 18.8 Å². The van der Waals surface area contributed by atoms with Crippen LogP contribution in [0.5, 0.6) is 0 Å². The van der Waals surface area contributed by atoms with Crippen LogP contribution in [-0.2, 0) is 0 Å². The maximum Gasteiger partial charge on any atom is 0.203 e. The molecule has 0 spiro atoms. The fourth-order valence-corrected chi connectivity index (χ4v) is 2.89. The quantitative estimate of drug-likeness (QED) is 0.807. The Morgan fingerprint density at radius 3 is 2.61 bits per heavy atom. The van der Waals surface area contributed by atoms with E-state index in [2.05, 4.69) is 32.1 Å². The molecule has 3 rings (SSSR count). The maximum atomic E-state index is 4.56. The zero-order valence-electron chi connectivity index (χ0n) is 11.2. The summed E-state index contributed by atoms with van der Waals surface area (Å²) in [4.78, 5) is 12.8. The number of nitrogens with one attached hydrogen (secondary N) is 2. The van der Waals surface area contributed by atoms with E-state index >= 15 is 0 Å². The average Bonchev–Trinajstić information content (AvgIpc) is 2.90. The molecule has 1 aromatic rings. The Morgan fingerprint density at radius 1 is 1.17 bits per heavy atom.